The highest BCUT2D eigenvalue weighted by Gasteiger charge is 2.24. The van der Waals surface area contributed by atoms with Gasteiger partial charge in [-0.1, -0.05) is 6.07 Å². The fraction of sp³-hybridized carbons (Fsp3) is 0.286. The van der Waals surface area contributed by atoms with Crippen molar-refractivity contribution in [2.24, 2.45) is 12.8 Å². The van der Waals surface area contributed by atoms with E-state index in [-0.39, 0.29) is 16.6 Å². The molecule has 4 aromatic rings. The van der Waals surface area contributed by atoms with E-state index in [1.54, 1.807) is 18.5 Å². The molecule has 0 bridgehead atoms. The maximum Gasteiger partial charge on any atom is 0.158 e. The van der Waals surface area contributed by atoms with Crippen LogP contribution in [0.1, 0.15) is 12.8 Å². The number of fused-ring (bicyclic) bond motifs is 1. The van der Waals surface area contributed by atoms with Gasteiger partial charge >= 0.3 is 0 Å². The van der Waals surface area contributed by atoms with Crippen molar-refractivity contribution < 1.29 is 8.78 Å². The van der Waals surface area contributed by atoms with E-state index in [1.165, 1.54) is 29.5 Å². The molecule has 0 unspecified atom stereocenters. The zero-order valence-corrected chi connectivity index (χ0v) is 17.7. The van der Waals surface area contributed by atoms with Crippen molar-refractivity contribution in [2.75, 3.05) is 23.3 Å². The van der Waals surface area contributed by atoms with Crippen molar-refractivity contribution in [3.8, 4) is 10.6 Å². The molecule has 31 heavy (non-hydrogen) atoms. The first-order valence-electron chi connectivity index (χ1n) is 10.0. The molecule has 1 atom stereocenters. The van der Waals surface area contributed by atoms with E-state index >= 15 is 0 Å². The summed E-state index contributed by atoms with van der Waals surface area (Å²) in [5.41, 5.74) is 7.37. The molecule has 3 aromatic heterocycles. The molecule has 1 aliphatic rings. The van der Waals surface area contributed by atoms with Gasteiger partial charge in [0.15, 0.2) is 11.6 Å². The molecule has 160 valence electrons. The summed E-state index contributed by atoms with van der Waals surface area (Å²) in [5.74, 6) is 0.145. The molecule has 0 spiro atoms. The number of anilines is 3. The number of pyridine rings is 1. The molecule has 3 N–H and O–H groups in total. The number of nitrogens with one attached hydrogen (secondary N) is 1. The molecule has 0 radical (unpaired) electrons. The van der Waals surface area contributed by atoms with Gasteiger partial charge in [-0.05, 0) is 31.0 Å². The van der Waals surface area contributed by atoms with Gasteiger partial charge in [0.2, 0.25) is 0 Å². The fourth-order valence-corrected chi connectivity index (χ4v) is 4.99. The number of halogens is 2. The van der Waals surface area contributed by atoms with Gasteiger partial charge in [-0.15, -0.1) is 11.3 Å². The molecule has 1 aliphatic heterocycles. The van der Waals surface area contributed by atoms with Crippen LogP contribution in [0.4, 0.5) is 26.1 Å². The first-order chi connectivity index (χ1) is 15.0. The predicted octanol–water partition coefficient (Wildman–Crippen LogP) is 4.04. The van der Waals surface area contributed by atoms with Gasteiger partial charge in [0.25, 0.3) is 0 Å². The average Bonchev–Trinajstić information content (AvgIpc) is 3.32. The summed E-state index contributed by atoms with van der Waals surface area (Å²) in [4.78, 5) is 11.2. The largest absolute Gasteiger partial charge is 0.354 e. The molecule has 1 fully saturated rings. The molecule has 5 rings (SSSR count). The minimum absolute atomic E-state index is 0.120. The highest BCUT2D eigenvalue weighted by Crippen LogP contribution is 2.37. The average molecular weight is 442 g/mol. The number of nitrogens with two attached hydrogens (primary N) is 1. The van der Waals surface area contributed by atoms with E-state index in [2.05, 4.69) is 25.3 Å². The summed E-state index contributed by atoms with van der Waals surface area (Å²) in [6, 6.07) is 5.70. The Kier molecular flexibility index (Phi) is 5.03. The molecular formula is C21H21F2N7S. The number of hydrogen-bond acceptors (Lipinski definition) is 7. The second-order valence-corrected chi connectivity index (χ2v) is 8.63. The lowest BCUT2D eigenvalue weighted by Gasteiger charge is -2.33. The smallest absolute Gasteiger partial charge is 0.158 e. The number of piperidine rings is 1. The molecule has 1 saturated heterocycles. The Bertz CT molecular complexity index is 1230. The number of thiazole rings is 1. The molecule has 1 aromatic carbocycles. The van der Waals surface area contributed by atoms with Crippen LogP contribution in [-0.4, -0.2) is 38.9 Å². The second kappa shape index (κ2) is 7.86. The summed E-state index contributed by atoms with van der Waals surface area (Å²) in [6.45, 7) is 1.65. The van der Waals surface area contributed by atoms with Crippen LogP contribution >= 0.6 is 11.3 Å². The van der Waals surface area contributed by atoms with Crippen molar-refractivity contribution in [3.63, 3.8) is 0 Å². The van der Waals surface area contributed by atoms with Gasteiger partial charge in [0.05, 0.1) is 16.5 Å². The SMILES string of the molecule is Cn1ncc(Nc2nccc3sc(-c4c(F)cccc4F)nc23)c1N1CCC[C@H](N)C1. The zero-order valence-electron chi connectivity index (χ0n) is 16.8. The van der Waals surface area contributed by atoms with Crippen LogP contribution in [-0.2, 0) is 7.05 Å². The molecule has 0 aliphatic carbocycles. The van der Waals surface area contributed by atoms with Crippen LogP contribution in [0.3, 0.4) is 0 Å². The topological polar surface area (TPSA) is 84.9 Å². The standard InChI is InChI=1S/C21H21F2N7S/c1-29-21(30-9-3-4-12(24)11-30)15(10-26-29)27-19-18-16(7-8-25-19)31-20(28-18)17-13(22)5-2-6-14(17)23/h2,5-8,10,12H,3-4,9,11,24H2,1H3,(H,25,27)/t12-/m0/s1. The quantitative estimate of drug-likeness (QED) is 0.497. The molecule has 0 saturated carbocycles. The number of nitrogens with zero attached hydrogens (tertiary/aromatic N) is 5. The van der Waals surface area contributed by atoms with Gasteiger partial charge in [0.1, 0.15) is 27.8 Å². The van der Waals surface area contributed by atoms with Crippen LogP contribution in [0.25, 0.3) is 20.8 Å². The lowest BCUT2D eigenvalue weighted by Crippen LogP contribution is -2.43. The Hall–Kier alpha value is -3.11. The minimum Gasteiger partial charge on any atom is -0.354 e. The summed E-state index contributed by atoms with van der Waals surface area (Å²) in [7, 11) is 1.89. The first-order valence-corrected chi connectivity index (χ1v) is 10.8. The highest BCUT2D eigenvalue weighted by molar-refractivity contribution is 7.21. The number of rotatable bonds is 4. The van der Waals surface area contributed by atoms with Crippen LogP contribution in [0.15, 0.2) is 36.7 Å². The van der Waals surface area contributed by atoms with Crippen LogP contribution in [0.5, 0.6) is 0 Å². The van der Waals surface area contributed by atoms with Gasteiger partial charge in [-0.2, -0.15) is 5.10 Å². The Morgan fingerprint density at radius 3 is 2.81 bits per heavy atom. The second-order valence-electron chi connectivity index (χ2n) is 7.60. The van der Waals surface area contributed by atoms with E-state index in [9.17, 15) is 8.78 Å². The summed E-state index contributed by atoms with van der Waals surface area (Å²) < 4.78 is 31.1. The molecule has 0 amide bonds. The molecule has 10 heteroatoms. The Morgan fingerprint density at radius 2 is 2.03 bits per heavy atom. The predicted molar refractivity (Wildman–Crippen MR) is 119 cm³/mol. The number of hydrogen-bond donors (Lipinski definition) is 2. The Balaban J connectivity index is 1.53. The minimum atomic E-state index is -0.641. The lowest BCUT2D eigenvalue weighted by molar-refractivity contribution is 0.497. The number of aromatic nitrogens is 4. The van der Waals surface area contributed by atoms with Crippen molar-refractivity contribution in [3.05, 3.63) is 48.3 Å². The Labute approximate surface area is 181 Å². The van der Waals surface area contributed by atoms with Crippen molar-refractivity contribution >= 4 is 38.9 Å². The normalized spacial score (nSPS) is 16.8. The van der Waals surface area contributed by atoms with Crippen LogP contribution < -0.4 is 16.0 Å². The maximum atomic E-state index is 14.3. The Morgan fingerprint density at radius 1 is 1.23 bits per heavy atom. The zero-order chi connectivity index (χ0) is 21.5. The van der Waals surface area contributed by atoms with E-state index < -0.39 is 11.6 Å². The van der Waals surface area contributed by atoms with Crippen molar-refractivity contribution in [1.82, 2.24) is 19.7 Å². The van der Waals surface area contributed by atoms with E-state index in [1.807, 2.05) is 11.7 Å². The van der Waals surface area contributed by atoms with Crippen molar-refractivity contribution in [1.29, 1.82) is 0 Å². The summed E-state index contributed by atoms with van der Waals surface area (Å²) in [6.07, 6.45) is 5.41. The summed E-state index contributed by atoms with van der Waals surface area (Å²) in [5, 5.41) is 7.99. The van der Waals surface area contributed by atoms with Crippen molar-refractivity contribution in [2.45, 2.75) is 18.9 Å². The van der Waals surface area contributed by atoms with Crippen LogP contribution in [0.2, 0.25) is 0 Å². The van der Waals surface area contributed by atoms with E-state index in [4.69, 9.17) is 5.73 Å². The lowest BCUT2D eigenvalue weighted by atomic mass is 10.1. The monoisotopic (exact) mass is 441 g/mol. The number of benzene rings is 1. The van der Waals surface area contributed by atoms with Gasteiger partial charge in [-0.3, -0.25) is 4.68 Å². The molecule has 7 nitrogen and oxygen atoms in total. The van der Waals surface area contributed by atoms with Gasteiger partial charge in [0, 0.05) is 32.4 Å². The number of aryl methyl sites for hydroxylation is 1. The first kappa shape index (κ1) is 19.8. The van der Waals surface area contributed by atoms with E-state index in [0.29, 0.717) is 11.3 Å². The molecular weight excluding hydrogens is 420 g/mol. The highest BCUT2D eigenvalue weighted by atomic mass is 32.1. The third-order valence-corrected chi connectivity index (χ3v) is 6.44. The fourth-order valence-electron chi connectivity index (χ4n) is 3.98. The van der Waals surface area contributed by atoms with E-state index in [0.717, 1.165) is 42.1 Å². The maximum absolute atomic E-state index is 14.3. The van der Waals surface area contributed by atoms with Gasteiger partial charge in [-0.25, -0.2) is 18.7 Å². The third-order valence-electron chi connectivity index (χ3n) is 5.40. The summed E-state index contributed by atoms with van der Waals surface area (Å²) >= 11 is 1.22. The molecule has 4 heterocycles. The third kappa shape index (κ3) is 3.61. The van der Waals surface area contributed by atoms with Crippen LogP contribution in [0, 0.1) is 11.6 Å². The van der Waals surface area contributed by atoms with Gasteiger partial charge < -0.3 is 16.0 Å².